The molecule has 0 aliphatic heterocycles. The van der Waals surface area contributed by atoms with E-state index in [1.165, 1.54) is 0 Å². The van der Waals surface area contributed by atoms with Crippen molar-refractivity contribution in [3.8, 4) is 0 Å². The maximum absolute atomic E-state index is 12.2. The third-order valence-electron chi connectivity index (χ3n) is 4.03. The fourth-order valence-electron chi connectivity index (χ4n) is 3.26. The van der Waals surface area contributed by atoms with Crippen LogP contribution in [0.5, 0.6) is 0 Å². The molecule has 2 fully saturated rings. The maximum Gasteiger partial charge on any atom is 0.320 e. The summed E-state index contributed by atoms with van der Waals surface area (Å²) in [6, 6.07) is 0. The summed E-state index contributed by atoms with van der Waals surface area (Å²) in [4.78, 5) is 24.3. The Hall–Kier alpha value is -1.12. The van der Waals surface area contributed by atoms with Gasteiger partial charge in [0.05, 0.1) is 6.61 Å². The first-order chi connectivity index (χ1) is 7.66. The lowest BCUT2D eigenvalue weighted by molar-refractivity contribution is -0.162. The third-order valence-corrected chi connectivity index (χ3v) is 4.03. The molecular weight excluding hydrogens is 204 g/mol. The predicted octanol–water partition coefficient (Wildman–Crippen LogP) is 2.11. The number of ether oxygens (including phenoxy) is 1. The van der Waals surface area contributed by atoms with Crippen molar-refractivity contribution in [2.45, 2.75) is 32.6 Å². The summed E-state index contributed by atoms with van der Waals surface area (Å²) < 4.78 is 5.10. The van der Waals surface area contributed by atoms with E-state index in [0.717, 1.165) is 19.3 Å². The van der Waals surface area contributed by atoms with Crippen LogP contribution in [0.25, 0.3) is 0 Å². The standard InChI is InChI=1S/C13H18O3/c1-3-10-8-9-6-5-7-13(10,11(9)14)12(15)16-4-2/h3,9-10H,1,4-8H2,2H3/t9-,10-,13-/m1/s1. The first-order valence-corrected chi connectivity index (χ1v) is 6.01. The Kier molecular flexibility index (Phi) is 2.87. The van der Waals surface area contributed by atoms with Gasteiger partial charge in [-0.15, -0.1) is 6.58 Å². The topological polar surface area (TPSA) is 43.4 Å². The average molecular weight is 222 g/mol. The van der Waals surface area contributed by atoms with Gasteiger partial charge in [0.2, 0.25) is 0 Å². The number of rotatable bonds is 3. The van der Waals surface area contributed by atoms with E-state index >= 15 is 0 Å². The number of Topliss-reactive ketones (excluding diaryl/α,β-unsaturated/α-hetero) is 1. The van der Waals surface area contributed by atoms with Gasteiger partial charge in [-0.3, -0.25) is 9.59 Å². The van der Waals surface area contributed by atoms with Gasteiger partial charge in [0, 0.05) is 11.8 Å². The van der Waals surface area contributed by atoms with Crippen LogP contribution < -0.4 is 0 Å². The Bertz CT molecular complexity index is 334. The van der Waals surface area contributed by atoms with Gasteiger partial charge in [-0.05, 0) is 26.2 Å². The zero-order valence-corrected chi connectivity index (χ0v) is 9.70. The molecule has 0 heterocycles. The van der Waals surface area contributed by atoms with Crippen molar-refractivity contribution in [3.63, 3.8) is 0 Å². The highest BCUT2D eigenvalue weighted by atomic mass is 16.5. The lowest BCUT2D eigenvalue weighted by Crippen LogP contribution is -2.44. The third kappa shape index (κ3) is 1.34. The van der Waals surface area contributed by atoms with Crippen LogP contribution >= 0.6 is 0 Å². The molecule has 0 saturated heterocycles. The van der Waals surface area contributed by atoms with Crippen molar-refractivity contribution in [2.75, 3.05) is 6.61 Å². The Morgan fingerprint density at radius 2 is 2.44 bits per heavy atom. The maximum atomic E-state index is 12.2. The molecule has 0 radical (unpaired) electrons. The molecule has 0 aromatic carbocycles. The van der Waals surface area contributed by atoms with E-state index in [4.69, 9.17) is 4.74 Å². The number of allylic oxidation sites excluding steroid dienone is 1. The van der Waals surface area contributed by atoms with Crippen LogP contribution in [0.2, 0.25) is 0 Å². The summed E-state index contributed by atoms with van der Waals surface area (Å²) >= 11 is 0. The molecule has 0 N–H and O–H groups in total. The molecular formula is C13H18O3. The van der Waals surface area contributed by atoms with Crippen LogP contribution in [0.1, 0.15) is 32.6 Å². The molecule has 2 rings (SSSR count). The molecule has 0 spiro atoms. The van der Waals surface area contributed by atoms with E-state index < -0.39 is 5.41 Å². The molecule has 16 heavy (non-hydrogen) atoms. The summed E-state index contributed by atoms with van der Waals surface area (Å²) in [6.45, 7) is 5.88. The monoisotopic (exact) mass is 222 g/mol. The molecule has 88 valence electrons. The molecule has 0 aromatic heterocycles. The minimum Gasteiger partial charge on any atom is -0.465 e. The van der Waals surface area contributed by atoms with Crippen LogP contribution in [-0.4, -0.2) is 18.4 Å². The number of carbonyl (C=O) groups excluding carboxylic acids is 2. The lowest BCUT2D eigenvalue weighted by Gasteiger charge is -2.32. The van der Waals surface area contributed by atoms with E-state index in [0.29, 0.717) is 13.0 Å². The van der Waals surface area contributed by atoms with E-state index in [9.17, 15) is 9.59 Å². The molecule has 2 bridgehead atoms. The normalized spacial score (nSPS) is 37.2. The highest BCUT2D eigenvalue weighted by molar-refractivity contribution is 6.07. The average Bonchev–Trinajstić information content (AvgIpc) is 2.47. The van der Waals surface area contributed by atoms with E-state index in [-0.39, 0.29) is 23.6 Å². The minimum absolute atomic E-state index is 0.0217. The largest absolute Gasteiger partial charge is 0.465 e. The zero-order chi connectivity index (χ0) is 11.8. The first kappa shape index (κ1) is 11.4. The van der Waals surface area contributed by atoms with Crippen LogP contribution in [0.15, 0.2) is 12.7 Å². The molecule has 0 amide bonds. The van der Waals surface area contributed by atoms with Crippen molar-refractivity contribution in [1.82, 2.24) is 0 Å². The van der Waals surface area contributed by atoms with Crippen molar-refractivity contribution in [1.29, 1.82) is 0 Å². The van der Waals surface area contributed by atoms with Gasteiger partial charge in [0.15, 0.2) is 5.78 Å². The van der Waals surface area contributed by atoms with E-state index in [1.54, 1.807) is 13.0 Å². The van der Waals surface area contributed by atoms with Crippen LogP contribution in [0.4, 0.5) is 0 Å². The van der Waals surface area contributed by atoms with Gasteiger partial charge in [0.1, 0.15) is 5.41 Å². The molecule has 0 aromatic rings. The van der Waals surface area contributed by atoms with E-state index in [1.807, 2.05) is 0 Å². The summed E-state index contributed by atoms with van der Waals surface area (Å²) in [6.07, 6.45) is 5.04. The molecule has 3 heteroatoms. The smallest absolute Gasteiger partial charge is 0.320 e. The number of carbonyl (C=O) groups is 2. The molecule has 2 aliphatic carbocycles. The SMILES string of the molecule is C=C[C@@H]1C[C@H]2CCC[C@]1(C(=O)OCC)C2=O. The summed E-state index contributed by atoms with van der Waals surface area (Å²) in [5, 5.41) is 0. The fraction of sp³-hybridized carbons (Fsp3) is 0.692. The number of ketones is 1. The van der Waals surface area contributed by atoms with Gasteiger partial charge in [0.25, 0.3) is 0 Å². The minimum atomic E-state index is -0.888. The Morgan fingerprint density at radius 3 is 3.06 bits per heavy atom. The second kappa shape index (κ2) is 4.04. The number of hydrogen-bond acceptors (Lipinski definition) is 3. The van der Waals surface area contributed by atoms with E-state index in [2.05, 4.69) is 6.58 Å². The molecule has 3 atom stereocenters. The highest BCUT2D eigenvalue weighted by Crippen LogP contribution is 2.53. The second-order valence-electron chi connectivity index (χ2n) is 4.72. The van der Waals surface area contributed by atoms with Crippen molar-refractivity contribution in [2.24, 2.45) is 17.3 Å². The summed E-state index contributed by atoms with van der Waals surface area (Å²) in [5.74, 6) is -0.193. The Labute approximate surface area is 95.9 Å². The van der Waals surface area contributed by atoms with Gasteiger partial charge < -0.3 is 4.74 Å². The Balaban J connectivity index is 2.36. The van der Waals surface area contributed by atoms with Crippen molar-refractivity contribution >= 4 is 11.8 Å². The quantitative estimate of drug-likeness (QED) is 0.417. The first-order valence-electron chi connectivity index (χ1n) is 6.01. The number of esters is 1. The lowest BCUT2D eigenvalue weighted by atomic mass is 9.70. The van der Waals surface area contributed by atoms with Crippen molar-refractivity contribution < 1.29 is 14.3 Å². The van der Waals surface area contributed by atoms with Crippen LogP contribution in [0.3, 0.4) is 0 Å². The Morgan fingerprint density at radius 1 is 1.69 bits per heavy atom. The van der Waals surface area contributed by atoms with Gasteiger partial charge in [-0.1, -0.05) is 12.5 Å². The molecule has 2 saturated carbocycles. The number of hydrogen-bond donors (Lipinski definition) is 0. The van der Waals surface area contributed by atoms with Crippen LogP contribution in [0, 0.1) is 17.3 Å². The zero-order valence-electron chi connectivity index (χ0n) is 9.70. The number of fused-ring (bicyclic) bond motifs is 2. The summed E-state index contributed by atoms with van der Waals surface area (Å²) in [5.41, 5.74) is -0.888. The predicted molar refractivity (Wildman–Crippen MR) is 59.7 cm³/mol. The highest BCUT2D eigenvalue weighted by Gasteiger charge is 2.60. The fourth-order valence-corrected chi connectivity index (χ4v) is 3.26. The van der Waals surface area contributed by atoms with Crippen molar-refractivity contribution in [3.05, 3.63) is 12.7 Å². The molecule has 2 aliphatic rings. The van der Waals surface area contributed by atoms with Crippen LogP contribution in [-0.2, 0) is 14.3 Å². The molecule has 0 unspecified atom stereocenters. The molecule has 3 nitrogen and oxygen atoms in total. The van der Waals surface area contributed by atoms with Gasteiger partial charge in [-0.2, -0.15) is 0 Å². The van der Waals surface area contributed by atoms with Gasteiger partial charge in [-0.25, -0.2) is 0 Å². The summed E-state index contributed by atoms with van der Waals surface area (Å²) in [7, 11) is 0. The van der Waals surface area contributed by atoms with Gasteiger partial charge >= 0.3 is 5.97 Å². The second-order valence-corrected chi connectivity index (χ2v) is 4.72.